The zero-order valence-corrected chi connectivity index (χ0v) is 10.6. The molecule has 5 heteroatoms. The Labute approximate surface area is 105 Å². The Morgan fingerprint density at radius 3 is 2.59 bits per heavy atom. The molecule has 1 aromatic heterocycles. The van der Waals surface area contributed by atoms with E-state index in [0.29, 0.717) is 5.69 Å². The zero-order chi connectivity index (χ0) is 12.4. The highest BCUT2D eigenvalue weighted by Crippen LogP contribution is 2.29. The maximum atomic E-state index is 5.74. The van der Waals surface area contributed by atoms with Crippen molar-refractivity contribution >= 4 is 11.6 Å². The van der Waals surface area contributed by atoms with Gasteiger partial charge in [0.15, 0.2) is 0 Å². The third-order valence-corrected chi connectivity index (χ3v) is 2.93. The second kappa shape index (κ2) is 4.67. The summed E-state index contributed by atoms with van der Waals surface area (Å²) in [5, 5.41) is 7.58. The third kappa shape index (κ3) is 2.22. The highest BCUT2D eigenvalue weighted by molar-refractivity contribution is 6.28. The van der Waals surface area contributed by atoms with E-state index in [0.717, 1.165) is 22.4 Å². The van der Waals surface area contributed by atoms with E-state index >= 15 is 0 Å². The van der Waals surface area contributed by atoms with E-state index in [4.69, 9.17) is 16.3 Å². The van der Waals surface area contributed by atoms with Crippen molar-refractivity contribution in [1.82, 2.24) is 15.2 Å². The van der Waals surface area contributed by atoms with E-state index in [9.17, 15) is 0 Å². The van der Waals surface area contributed by atoms with Gasteiger partial charge in [-0.05, 0) is 48.7 Å². The maximum absolute atomic E-state index is 5.74. The van der Waals surface area contributed by atoms with Crippen molar-refractivity contribution < 1.29 is 4.74 Å². The number of hydrogen-bond donors (Lipinski definition) is 0. The lowest BCUT2D eigenvalue weighted by molar-refractivity contribution is 0.411. The van der Waals surface area contributed by atoms with Gasteiger partial charge in [0, 0.05) is 5.56 Å². The molecule has 0 aliphatic heterocycles. The first-order valence-corrected chi connectivity index (χ1v) is 5.51. The average Bonchev–Trinajstić information content (AvgIpc) is 2.32. The van der Waals surface area contributed by atoms with Crippen LogP contribution >= 0.6 is 11.6 Å². The van der Waals surface area contributed by atoms with E-state index in [-0.39, 0.29) is 5.28 Å². The van der Waals surface area contributed by atoms with Crippen molar-refractivity contribution in [3.63, 3.8) is 0 Å². The smallest absolute Gasteiger partial charge is 0.243 e. The molecule has 17 heavy (non-hydrogen) atoms. The van der Waals surface area contributed by atoms with Gasteiger partial charge in [0.2, 0.25) is 5.28 Å². The lowest BCUT2D eigenvalue weighted by atomic mass is 10.0. The second-order valence-electron chi connectivity index (χ2n) is 3.68. The van der Waals surface area contributed by atoms with Crippen molar-refractivity contribution in [2.24, 2.45) is 0 Å². The second-order valence-corrected chi connectivity index (χ2v) is 4.01. The van der Waals surface area contributed by atoms with Gasteiger partial charge in [-0.2, -0.15) is 5.10 Å². The van der Waals surface area contributed by atoms with Crippen LogP contribution in [0.4, 0.5) is 0 Å². The molecule has 0 bridgehead atoms. The summed E-state index contributed by atoms with van der Waals surface area (Å²) in [6, 6.07) is 3.86. The fourth-order valence-corrected chi connectivity index (χ4v) is 1.84. The molecule has 1 aromatic carbocycles. The molecule has 0 saturated heterocycles. The first kappa shape index (κ1) is 11.8. The predicted molar refractivity (Wildman–Crippen MR) is 66.3 cm³/mol. The number of aromatic nitrogens is 3. The van der Waals surface area contributed by atoms with Crippen LogP contribution in [0.2, 0.25) is 5.28 Å². The van der Waals surface area contributed by atoms with Crippen LogP contribution in [-0.4, -0.2) is 22.3 Å². The minimum atomic E-state index is 0.148. The van der Waals surface area contributed by atoms with Crippen LogP contribution in [0, 0.1) is 13.8 Å². The topological polar surface area (TPSA) is 47.9 Å². The number of hydrogen-bond acceptors (Lipinski definition) is 4. The van der Waals surface area contributed by atoms with Crippen molar-refractivity contribution in [2.75, 3.05) is 7.11 Å². The van der Waals surface area contributed by atoms with Crippen LogP contribution in [0.5, 0.6) is 5.75 Å². The third-order valence-electron chi connectivity index (χ3n) is 2.77. The van der Waals surface area contributed by atoms with Gasteiger partial charge in [-0.3, -0.25) is 0 Å². The van der Waals surface area contributed by atoms with E-state index in [2.05, 4.69) is 15.2 Å². The first-order chi connectivity index (χ1) is 8.13. The van der Waals surface area contributed by atoms with Crippen LogP contribution < -0.4 is 4.74 Å². The zero-order valence-electron chi connectivity index (χ0n) is 9.86. The van der Waals surface area contributed by atoms with Crippen LogP contribution in [-0.2, 0) is 0 Å². The number of benzene rings is 1. The normalized spacial score (nSPS) is 10.4. The number of rotatable bonds is 2. The SMILES string of the molecule is COc1ccc(-c2cnnc(Cl)n2)c(C)c1C. The molecule has 0 aliphatic rings. The molecule has 0 radical (unpaired) electrons. The van der Waals surface area contributed by atoms with Crippen molar-refractivity contribution in [2.45, 2.75) is 13.8 Å². The Kier molecular flexibility index (Phi) is 3.24. The van der Waals surface area contributed by atoms with Gasteiger partial charge in [-0.25, -0.2) is 4.98 Å². The predicted octanol–water partition coefficient (Wildman–Crippen LogP) is 2.82. The molecule has 1 heterocycles. The molecule has 0 saturated carbocycles. The lowest BCUT2D eigenvalue weighted by Gasteiger charge is -2.11. The van der Waals surface area contributed by atoms with Crippen LogP contribution in [0.25, 0.3) is 11.3 Å². The highest BCUT2D eigenvalue weighted by atomic mass is 35.5. The average molecular weight is 250 g/mol. The Hall–Kier alpha value is -1.68. The molecule has 88 valence electrons. The van der Waals surface area contributed by atoms with Crippen LogP contribution in [0.15, 0.2) is 18.3 Å². The fourth-order valence-electron chi connectivity index (χ4n) is 1.71. The molecular formula is C12H12ClN3O. The molecule has 2 aromatic rings. The molecule has 0 fully saturated rings. The molecular weight excluding hydrogens is 238 g/mol. The van der Waals surface area contributed by atoms with Gasteiger partial charge < -0.3 is 4.74 Å². The van der Waals surface area contributed by atoms with Crippen molar-refractivity contribution in [3.8, 4) is 17.0 Å². The largest absolute Gasteiger partial charge is 0.496 e. The summed E-state index contributed by atoms with van der Waals surface area (Å²) in [5.74, 6) is 0.861. The van der Waals surface area contributed by atoms with Gasteiger partial charge in [0.25, 0.3) is 0 Å². The summed E-state index contributed by atoms with van der Waals surface area (Å²) in [6.45, 7) is 4.02. The Bertz CT molecular complexity index is 557. The molecule has 0 amide bonds. The van der Waals surface area contributed by atoms with Crippen molar-refractivity contribution in [1.29, 1.82) is 0 Å². The van der Waals surface area contributed by atoms with E-state index in [1.54, 1.807) is 13.3 Å². The Morgan fingerprint density at radius 1 is 1.18 bits per heavy atom. The van der Waals surface area contributed by atoms with Gasteiger partial charge in [-0.15, -0.1) is 5.10 Å². The Morgan fingerprint density at radius 2 is 1.94 bits per heavy atom. The molecule has 0 unspecified atom stereocenters. The molecule has 4 nitrogen and oxygen atoms in total. The van der Waals surface area contributed by atoms with Crippen LogP contribution in [0.3, 0.4) is 0 Å². The van der Waals surface area contributed by atoms with E-state index in [1.165, 1.54) is 0 Å². The summed E-state index contributed by atoms with van der Waals surface area (Å²) in [6.07, 6.45) is 1.60. The minimum absolute atomic E-state index is 0.148. The van der Waals surface area contributed by atoms with Gasteiger partial charge >= 0.3 is 0 Å². The summed E-state index contributed by atoms with van der Waals surface area (Å²) in [4.78, 5) is 4.15. The van der Waals surface area contributed by atoms with Gasteiger partial charge in [0.05, 0.1) is 19.0 Å². The van der Waals surface area contributed by atoms with Gasteiger partial charge in [-0.1, -0.05) is 0 Å². The number of halogens is 1. The quantitative estimate of drug-likeness (QED) is 0.821. The fraction of sp³-hybridized carbons (Fsp3) is 0.250. The molecule has 0 N–H and O–H groups in total. The summed E-state index contributed by atoms with van der Waals surface area (Å²) in [7, 11) is 1.66. The molecule has 0 aliphatic carbocycles. The molecule has 2 rings (SSSR count). The molecule has 0 spiro atoms. The van der Waals surface area contributed by atoms with E-state index in [1.807, 2.05) is 26.0 Å². The lowest BCUT2D eigenvalue weighted by Crippen LogP contribution is -1.96. The van der Waals surface area contributed by atoms with Gasteiger partial charge in [0.1, 0.15) is 5.75 Å². The van der Waals surface area contributed by atoms with Crippen molar-refractivity contribution in [3.05, 3.63) is 34.7 Å². The molecule has 0 atom stereocenters. The highest BCUT2D eigenvalue weighted by Gasteiger charge is 2.10. The summed E-state index contributed by atoms with van der Waals surface area (Å²) in [5.41, 5.74) is 3.88. The summed E-state index contributed by atoms with van der Waals surface area (Å²) >= 11 is 5.74. The van der Waals surface area contributed by atoms with Crippen LogP contribution in [0.1, 0.15) is 11.1 Å². The standard InChI is InChI=1S/C12H12ClN3O/c1-7-8(2)11(17-3)5-4-9(7)10-6-14-16-12(13)15-10/h4-6H,1-3H3. The monoisotopic (exact) mass is 249 g/mol. The number of nitrogens with zero attached hydrogens (tertiary/aromatic N) is 3. The number of ether oxygens (including phenoxy) is 1. The summed E-state index contributed by atoms with van der Waals surface area (Å²) < 4.78 is 5.27. The van der Waals surface area contributed by atoms with E-state index < -0.39 is 0 Å². The Balaban J connectivity index is 2.57. The first-order valence-electron chi connectivity index (χ1n) is 5.13. The minimum Gasteiger partial charge on any atom is -0.496 e. The number of methoxy groups -OCH3 is 1. The maximum Gasteiger partial charge on any atom is 0.243 e.